The smallest absolute Gasteiger partial charge is 0.262 e. The van der Waals surface area contributed by atoms with Crippen molar-refractivity contribution in [2.45, 2.75) is 6.92 Å². The molecule has 0 saturated carbocycles. The van der Waals surface area contributed by atoms with E-state index in [-0.39, 0.29) is 5.91 Å². The summed E-state index contributed by atoms with van der Waals surface area (Å²) in [4.78, 5) is 11.4. The maximum atomic E-state index is 11.4. The summed E-state index contributed by atoms with van der Waals surface area (Å²) in [5.41, 5.74) is 6.52. The Morgan fingerprint density at radius 1 is 1.43 bits per heavy atom. The summed E-state index contributed by atoms with van der Waals surface area (Å²) >= 11 is 0. The van der Waals surface area contributed by atoms with Gasteiger partial charge in [-0.25, -0.2) is 4.21 Å². The average molecular weight is 212 g/mol. The molecule has 0 radical (unpaired) electrons. The molecule has 5 heteroatoms. The molecule has 0 fully saturated rings. The van der Waals surface area contributed by atoms with E-state index in [1.165, 1.54) is 0 Å². The Morgan fingerprint density at radius 2 is 2.00 bits per heavy atom. The maximum absolute atomic E-state index is 11.4. The number of amides is 1. The molecular weight excluding hydrogens is 200 g/mol. The van der Waals surface area contributed by atoms with Crippen LogP contribution in [0.4, 0.5) is 5.69 Å². The Morgan fingerprint density at radius 3 is 2.50 bits per heavy atom. The Labute approximate surface area is 85.1 Å². The molecule has 1 aromatic rings. The number of benzene rings is 1. The first-order valence-corrected chi connectivity index (χ1v) is 5.50. The first-order chi connectivity index (χ1) is 6.63. The quantitative estimate of drug-likeness (QED) is 0.724. The average Bonchev–Trinajstić information content (AvgIpc) is 2.18. The fourth-order valence-electron chi connectivity index (χ4n) is 0.869. The zero-order valence-corrected chi connectivity index (χ0v) is 8.64. The number of rotatable bonds is 3. The standard InChI is InChI=1S/C9H12N2O2S/c1-2-14(13)11-9(12)7-3-5-8(10)6-4-7/h3-6H,2,10H2,1H3,(H,11,12). The number of nitrogens with two attached hydrogens (primary N) is 1. The number of nitrogens with one attached hydrogen (secondary N) is 1. The Balaban J connectivity index is 2.70. The largest absolute Gasteiger partial charge is 0.399 e. The molecule has 14 heavy (non-hydrogen) atoms. The van der Waals surface area contributed by atoms with Gasteiger partial charge < -0.3 is 5.73 Å². The Hall–Kier alpha value is -1.36. The molecule has 0 aromatic heterocycles. The molecule has 1 unspecified atom stereocenters. The SMILES string of the molecule is CCS(=O)NC(=O)c1ccc(N)cc1. The van der Waals surface area contributed by atoms with Crippen molar-refractivity contribution in [2.24, 2.45) is 0 Å². The van der Waals surface area contributed by atoms with Crippen LogP contribution in [-0.4, -0.2) is 15.9 Å². The van der Waals surface area contributed by atoms with Crippen molar-refractivity contribution < 1.29 is 9.00 Å². The van der Waals surface area contributed by atoms with Crippen LogP contribution in [0.15, 0.2) is 24.3 Å². The highest BCUT2D eigenvalue weighted by Gasteiger charge is 2.06. The van der Waals surface area contributed by atoms with Gasteiger partial charge in [0, 0.05) is 17.0 Å². The molecule has 3 N–H and O–H groups in total. The number of hydrogen-bond donors (Lipinski definition) is 2. The summed E-state index contributed by atoms with van der Waals surface area (Å²) < 4.78 is 13.4. The molecule has 1 rings (SSSR count). The van der Waals surface area contributed by atoms with Crippen LogP contribution in [0.1, 0.15) is 17.3 Å². The number of carbonyl (C=O) groups is 1. The third-order valence-electron chi connectivity index (χ3n) is 1.64. The predicted molar refractivity (Wildman–Crippen MR) is 57.0 cm³/mol. The van der Waals surface area contributed by atoms with Gasteiger partial charge in [0.15, 0.2) is 0 Å². The molecule has 1 amide bonds. The van der Waals surface area contributed by atoms with Crippen molar-refractivity contribution >= 4 is 22.6 Å². The first-order valence-electron chi connectivity index (χ1n) is 4.18. The van der Waals surface area contributed by atoms with Crippen molar-refractivity contribution in [1.82, 2.24) is 4.72 Å². The second kappa shape index (κ2) is 4.76. The fourth-order valence-corrected chi connectivity index (χ4v) is 1.34. The summed E-state index contributed by atoms with van der Waals surface area (Å²) in [6.07, 6.45) is 0. The molecule has 0 aliphatic heterocycles. The lowest BCUT2D eigenvalue weighted by molar-refractivity contribution is 0.0983. The van der Waals surface area contributed by atoms with Crippen LogP contribution >= 0.6 is 0 Å². The third kappa shape index (κ3) is 2.85. The molecule has 0 heterocycles. The lowest BCUT2D eigenvalue weighted by Gasteiger charge is -2.02. The summed E-state index contributed by atoms with van der Waals surface area (Å²) in [6.45, 7) is 1.74. The van der Waals surface area contributed by atoms with E-state index >= 15 is 0 Å². The van der Waals surface area contributed by atoms with E-state index < -0.39 is 11.0 Å². The highest BCUT2D eigenvalue weighted by molar-refractivity contribution is 7.83. The lowest BCUT2D eigenvalue weighted by Crippen LogP contribution is -2.26. The molecular formula is C9H12N2O2S. The molecule has 0 spiro atoms. The van der Waals surface area contributed by atoms with Gasteiger partial charge in [0.05, 0.1) is 0 Å². The van der Waals surface area contributed by atoms with Crippen LogP contribution in [0, 0.1) is 0 Å². The minimum absolute atomic E-state index is 0.342. The van der Waals surface area contributed by atoms with E-state index in [1.807, 2.05) is 0 Å². The van der Waals surface area contributed by atoms with Crippen molar-refractivity contribution in [3.8, 4) is 0 Å². The van der Waals surface area contributed by atoms with Crippen molar-refractivity contribution in [1.29, 1.82) is 0 Å². The fraction of sp³-hybridized carbons (Fsp3) is 0.222. The van der Waals surface area contributed by atoms with Gasteiger partial charge in [0.25, 0.3) is 5.91 Å². The number of carbonyl (C=O) groups excluding carboxylic acids is 1. The normalized spacial score (nSPS) is 12.1. The molecule has 0 saturated heterocycles. The van der Waals surface area contributed by atoms with Gasteiger partial charge in [-0.15, -0.1) is 0 Å². The van der Waals surface area contributed by atoms with Gasteiger partial charge in [-0.3, -0.25) is 9.52 Å². The summed E-state index contributed by atoms with van der Waals surface area (Å²) in [5, 5.41) is 0. The molecule has 1 atom stereocenters. The van der Waals surface area contributed by atoms with Crippen LogP contribution in [0.3, 0.4) is 0 Å². The van der Waals surface area contributed by atoms with E-state index in [0.717, 1.165) is 0 Å². The minimum Gasteiger partial charge on any atom is -0.399 e. The highest BCUT2D eigenvalue weighted by Crippen LogP contribution is 2.05. The maximum Gasteiger partial charge on any atom is 0.262 e. The van der Waals surface area contributed by atoms with E-state index in [2.05, 4.69) is 4.72 Å². The second-order valence-electron chi connectivity index (χ2n) is 2.69. The van der Waals surface area contributed by atoms with Crippen LogP contribution in [0.25, 0.3) is 0 Å². The summed E-state index contributed by atoms with van der Waals surface area (Å²) in [6, 6.07) is 6.45. The van der Waals surface area contributed by atoms with E-state index in [0.29, 0.717) is 17.0 Å². The molecule has 0 aliphatic carbocycles. The summed E-state index contributed by atoms with van der Waals surface area (Å²) in [7, 11) is -1.29. The molecule has 0 bridgehead atoms. The minimum atomic E-state index is -1.29. The monoisotopic (exact) mass is 212 g/mol. The van der Waals surface area contributed by atoms with Crippen molar-refractivity contribution in [3.63, 3.8) is 0 Å². The number of hydrogen-bond acceptors (Lipinski definition) is 3. The van der Waals surface area contributed by atoms with Crippen molar-refractivity contribution in [3.05, 3.63) is 29.8 Å². The molecule has 0 aliphatic rings. The molecule has 4 nitrogen and oxygen atoms in total. The molecule has 1 aromatic carbocycles. The third-order valence-corrected chi connectivity index (χ3v) is 2.58. The van der Waals surface area contributed by atoms with Gasteiger partial charge in [-0.1, -0.05) is 6.92 Å². The zero-order valence-electron chi connectivity index (χ0n) is 7.82. The first kappa shape index (κ1) is 10.7. The zero-order chi connectivity index (χ0) is 10.6. The van der Waals surface area contributed by atoms with Gasteiger partial charge in [0.1, 0.15) is 11.0 Å². The topological polar surface area (TPSA) is 72.2 Å². The number of anilines is 1. The van der Waals surface area contributed by atoms with Gasteiger partial charge in [-0.2, -0.15) is 0 Å². The lowest BCUT2D eigenvalue weighted by atomic mass is 10.2. The predicted octanol–water partition coefficient (Wildman–Crippen LogP) is 0.682. The second-order valence-corrected chi connectivity index (χ2v) is 4.16. The van der Waals surface area contributed by atoms with Gasteiger partial charge in [-0.05, 0) is 24.3 Å². The number of nitrogen functional groups attached to an aromatic ring is 1. The van der Waals surface area contributed by atoms with Crippen LogP contribution in [0.2, 0.25) is 0 Å². The highest BCUT2D eigenvalue weighted by atomic mass is 32.2. The van der Waals surface area contributed by atoms with Gasteiger partial charge in [0.2, 0.25) is 0 Å². The van der Waals surface area contributed by atoms with Crippen LogP contribution < -0.4 is 10.5 Å². The van der Waals surface area contributed by atoms with Crippen LogP contribution in [0.5, 0.6) is 0 Å². The van der Waals surface area contributed by atoms with Crippen LogP contribution in [-0.2, 0) is 11.0 Å². The Bertz CT molecular complexity index is 348. The molecule has 76 valence electrons. The summed E-state index contributed by atoms with van der Waals surface area (Å²) in [5.74, 6) is 0.0611. The van der Waals surface area contributed by atoms with E-state index in [4.69, 9.17) is 5.73 Å². The van der Waals surface area contributed by atoms with E-state index in [9.17, 15) is 9.00 Å². The van der Waals surface area contributed by atoms with Gasteiger partial charge >= 0.3 is 0 Å². The Kier molecular flexibility index (Phi) is 3.64. The van der Waals surface area contributed by atoms with E-state index in [1.54, 1.807) is 31.2 Å². The van der Waals surface area contributed by atoms with Crippen molar-refractivity contribution in [2.75, 3.05) is 11.5 Å².